The number of aryl methyl sites for hydroxylation is 2. The number of ether oxygens (including phenoxy) is 1. The minimum atomic E-state index is -0.494. The highest BCUT2D eigenvalue weighted by Crippen LogP contribution is 2.16. The van der Waals surface area contributed by atoms with Crippen LogP contribution >= 0.6 is 0 Å². The fourth-order valence-electron chi connectivity index (χ4n) is 1.85. The van der Waals surface area contributed by atoms with Gasteiger partial charge in [-0.15, -0.1) is 0 Å². The minimum absolute atomic E-state index is 0.184. The zero-order chi connectivity index (χ0) is 13.8. The van der Waals surface area contributed by atoms with Gasteiger partial charge >= 0.3 is 5.97 Å². The molecule has 0 bridgehead atoms. The number of carbonyl (C=O) groups is 1. The van der Waals surface area contributed by atoms with Crippen molar-refractivity contribution in [2.45, 2.75) is 34.2 Å². The van der Waals surface area contributed by atoms with E-state index >= 15 is 0 Å². The van der Waals surface area contributed by atoms with E-state index in [2.05, 4.69) is 37.4 Å². The van der Waals surface area contributed by atoms with Crippen LogP contribution in [-0.2, 0) is 16.1 Å². The lowest BCUT2D eigenvalue weighted by Gasteiger charge is -2.22. The largest absolute Gasteiger partial charge is 0.469 e. The molecule has 18 heavy (non-hydrogen) atoms. The summed E-state index contributed by atoms with van der Waals surface area (Å²) in [7, 11) is 1.43. The first-order chi connectivity index (χ1) is 8.36. The summed E-state index contributed by atoms with van der Waals surface area (Å²) in [6, 6.07) is 6.41. The molecule has 0 heterocycles. The van der Waals surface area contributed by atoms with Crippen LogP contribution in [0, 0.1) is 19.3 Å². The molecule has 3 heteroatoms. The van der Waals surface area contributed by atoms with Crippen molar-refractivity contribution in [3.8, 4) is 0 Å². The van der Waals surface area contributed by atoms with E-state index in [0.29, 0.717) is 6.54 Å². The second-order valence-corrected chi connectivity index (χ2v) is 5.41. The molecule has 0 amide bonds. The van der Waals surface area contributed by atoms with Gasteiger partial charge in [0.1, 0.15) is 0 Å². The molecule has 1 N–H and O–H groups in total. The van der Waals surface area contributed by atoms with Crippen molar-refractivity contribution >= 4 is 5.97 Å². The maximum atomic E-state index is 11.5. The van der Waals surface area contributed by atoms with Crippen molar-refractivity contribution in [2.75, 3.05) is 13.7 Å². The first-order valence-corrected chi connectivity index (χ1v) is 6.22. The molecule has 0 unspecified atom stereocenters. The monoisotopic (exact) mass is 249 g/mol. The van der Waals surface area contributed by atoms with Gasteiger partial charge in [0, 0.05) is 13.1 Å². The highest BCUT2D eigenvalue weighted by atomic mass is 16.5. The number of carbonyl (C=O) groups excluding carboxylic acids is 1. The molecule has 0 spiro atoms. The summed E-state index contributed by atoms with van der Waals surface area (Å²) in [6.45, 7) is 9.33. The molecule has 100 valence electrons. The second kappa shape index (κ2) is 6.01. The van der Waals surface area contributed by atoms with E-state index in [1.807, 2.05) is 13.8 Å². The first-order valence-electron chi connectivity index (χ1n) is 6.22. The highest BCUT2D eigenvalue weighted by molar-refractivity contribution is 5.76. The van der Waals surface area contributed by atoms with E-state index in [1.54, 1.807) is 0 Å². The van der Waals surface area contributed by atoms with Crippen LogP contribution in [0.3, 0.4) is 0 Å². The van der Waals surface area contributed by atoms with Gasteiger partial charge in [0.25, 0.3) is 0 Å². The SMILES string of the molecule is COC(=O)C(C)(C)CNCc1cc(C)ccc1C. The van der Waals surface area contributed by atoms with Crippen LogP contribution in [0.15, 0.2) is 18.2 Å². The first kappa shape index (κ1) is 14.7. The Balaban J connectivity index is 2.56. The Hall–Kier alpha value is -1.35. The van der Waals surface area contributed by atoms with Crippen LogP contribution in [0.5, 0.6) is 0 Å². The lowest BCUT2D eigenvalue weighted by molar-refractivity contribution is -0.150. The number of hydrogen-bond donors (Lipinski definition) is 1. The van der Waals surface area contributed by atoms with Gasteiger partial charge in [0.15, 0.2) is 0 Å². The van der Waals surface area contributed by atoms with E-state index in [0.717, 1.165) is 6.54 Å². The summed E-state index contributed by atoms with van der Waals surface area (Å²) >= 11 is 0. The molecule has 1 rings (SSSR count). The van der Waals surface area contributed by atoms with E-state index in [-0.39, 0.29) is 5.97 Å². The van der Waals surface area contributed by atoms with Crippen molar-refractivity contribution in [1.29, 1.82) is 0 Å². The summed E-state index contributed by atoms with van der Waals surface area (Å²) in [6.07, 6.45) is 0. The standard InChI is InChI=1S/C15H23NO2/c1-11-6-7-12(2)13(8-11)9-16-10-15(3,4)14(17)18-5/h6-8,16H,9-10H2,1-5H3. The average molecular weight is 249 g/mol. The maximum absolute atomic E-state index is 11.5. The molecule has 0 atom stereocenters. The zero-order valence-electron chi connectivity index (χ0n) is 12.0. The molecule has 0 fully saturated rings. The summed E-state index contributed by atoms with van der Waals surface area (Å²) in [5.74, 6) is -0.184. The smallest absolute Gasteiger partial charge is 0.312 e. The van der Waals surface area contributed by atoms with Gasteiger partial charge in [0.05, 0.1) is 12.5 Å². The van der Waals surface area contributed by atoms with Gasteiger partial charge in [-0.3, -0.25) is 4.79 Å². The Morgan fingerprint density at radius 3 is 2.61 bits per heavy atom. The van der Waals surface area contributed by atoms with Crippen molar-refractivity contribution in [2.24, 2.45) is 5.41 Å². The quantitative estimate of drug-likeness (QED) is 0.815. The Morgan fingerprint density at radius 1 is 1.33 bits per heavy atom. The molecular formula is C15H23NO2. The minimum Gasteiger partial charge on any atom is -0.469 e. The van der Waals surface area contributed by atoms with Crippen molar-refractivity contribution in [3.63, 3.8) is 0 Å². The van der Waals surface area contributed by atoms with Crippen LogP contribution in [0.2, 0.25) is 0 Å². The molecule has 1 aromatic rings. The lowest BCUT2D eigenvalue weighted by Crippen LogP contribution is -2.36. The summed E-state index contributed by atoms with van der Waals surface area (Å²) in [5, 5.41) is 3.32. The highest BCUT2D eigenvalue weighted by Gasteiger charge is 2.27. The fourth-order valence-corrected chi connectivity index (χ4v) is 1.85. The van der Waals surface area contributed by atoms with E-state index in [4.69, 9.17) is 4.74 Å². The summed E-state index contributed by atoms with van der Waals surface area (Å²) in [4.78, 5) is 11.5. The number of esters is 1. The number of rotatable bonds is 5. The lowest BCUT2D eigenvalue weighted by atomic mass is 9.93. The predicted molar refractivity (Wildman–Crippen MR) is 73.4 cm³/mol. The molecule has 0 radical (unpaired) electrons. The number of benzene rings is 1. The maximum Gasteiger partial charge on any atom is 0.312 e. The predicted octanol–water partition coefficient (Wildman–Crippen LogP) is 2.59. The van der Waals surface area contributed by atoms with Gasteiger partial charge in [-0.1, -0.05) is 23.8 Å². The molecule has 0 saturated carbocycles. The van der Waals surface area contributed by atoms with Gasteiger partial charge in [0.2, 0.25) is 0 Å². The zero-order valence-corrected chi connectivity index (χ0v) is 12.0. The van der Waals surface area contributed by atoms with Crippen LogP contribution in [0.1, 0.15) is 30.5 Å². The Morgan fingerprint density at radius 2 is 2.00 bits per heavy atom. The Labute approximate surface area is 110 Å². The third kappa shape index (κ3) is 3.84. The number of methoxy groups -OCH3 is 1. The van der Waals surface area contributed by atoms with Crippen LogP contribution in [0.25, 0.3) is 0 Å². The second-order valence-electron chi connectivity index (χ2n) is 5.41. The Bertz CT molecular complexity index is 425. The number of hydrogen-bond acceptors (Lipinski definition) is 3. The molecule has 0 aliphatic rings. The fraction of sp³-hybridized carbons (Fsp3) is 0.533. The molecule has 0 aromatic heterocycles. The van der Waals surface area contributed by atoms with Crippen molar-refractivity contribution in [1.82, 2.24) is 5.32 Å². The van der Waals surface area contributed by atoms with Gasteiger partial charge in [-0.2, -0.15) is 0 Å². The topological polar surface area (TPSA) is 38.3 Å². The van der Waals surface area contributed by atoms with Gasteiger partial charge in [-0.05, 0) is 38.8 Å². The summed E-state index contributed by atoms with van der Waals surface area (Å²) < 4.78 is 4.78. The van der Waals surface area contributed by atoms with Crippen LogP contribution in [0.4, 0.5) is 0 Å². The average Bonchev–Trinajstić information content (AvgIpc) is 2.32. The van der Waals surface area contributed by atoms with E-state index in [9.17, 15) is 4.79 Å². The van der Waals surface area contributed by atoms with Crippen LogP contribution in [-0.4, -0.2) is 19.6 Å². The molecular weight excluding hydrogens is 226 g/mol. The molecule has 3 nitrogen and oxygen atoms in total. The van der Waals surface area contributed by atoms with Crippen molar-refractivity contribution in [3.05, 3.63) is 34.9 Å². The third-order valence-electron chi connectivity index (χ3n) is 3.13. The Kier molecular flexibility index (Phi) is 4.91. The normalized spacial score (nSPS) is 11.4. The molecule has 1 aromatic carbocycles. The van der Waals surface area contributed by atoms with Crippen LogP contribution < -0.4 is 5.32 Å². The number of nitrogens with one attached hydrogen (secondary N) is 1. The third-order valence-corrected chi connectivity index (χ3v) is 3.13. The van der Waals surface area contributed by atoms with Gasteiger partial charge < -0.3 is 10.1 Å². The van der Waals surface area contributed by atoms with E-state index < -0.39 is 5.41 Å². The van der Waals surface area contributed by atoms with Crippen molar-refractivity contribution < 1.29 is 9.53 Å². The van der Waals surface area contributed by atoms with E-state index in [1.165, 1.54) is 23.8 Å². The molecule has 0 aliphatic carbocycles. The molecule has 0 saturated heterocycles. The summed E-state index contributed by atoms with van der Waals surface area (Å²) in [5.41, 5.74) is 3.30. The molecule has 0 aliphatic heterocycles. The van der Waals surface area contributed by atoms with Gasteiger partial charge in [-0.25, -0.2) is 0 Å².